The number of benzene rings is 1. The second kappa shape index (κ2) is 8.03. The third kappa shape index (κ3) is 4.37. The topological polar surface area (TPSA) is 74.2 Å². The number of carbonyl (C=O) groups excluding carboxylic acids is 1. The Balaban J connectivity index is 2.02. The van der Waals surface area contributed by atoms with Gasteiger partial charge in [0.1, 0.15) is 5.69 Å². The molecule has 3 N–H and O–H groups in total. The molecule has 0 radical (unpaired) electrons. The molecule has 2 rings (SSSR count). The number of hydrogen-bond donors (Lipinski definition) is 3. The second-order valence-electron chi connectivity index (χ2n) is 4.82. The molecule has 0 unspecified atom stereocenters. The summed E-state index contributed by atoms with van der Waals surface area (Å²) in [7, 11) is 0. The van der Waals surface area contributed by atoms with Crippen LogP contribution in [0.3, 0.4) is 0 Å². The fourth-order valence-corrected chi connectivity index (χ4v) is 2.27. The Morgan fingerprint density at radius 1 is 1.32 bits per heavy atom. The predicted molar refractivity (Wildman–Crippen MR) is 89.9 cm³/mol. The molecule has 5 nitrogen and oxygen atoms in total. The molecule has 22 heavy (non-hydrogen) atoms. The molecule has 0 spiro atoms. The Hall–Kier alpha value is -1.76. The van der Waals surface area contributed by atoms with Gasteiger partial charge in [-0.15, -0.1) is 0 Å². The maximum Gasteiger partial charge on any atom is 0.274 e. The summed E-state index contributed by atoms with van der Waals surface area (Å²) in [6, 6.07) is 9.19. The second-order valence-corrected chi connectivity index (χ2v) is 5.67. The summed E-state index contributed by atoms with van der Waals surface area (Å²) in [6.45, 7) is 3.17. The summed E-state index contributed by atoms with van der Waals surface area (Å²) in [5, 5.41) is 14.6. The molecule has 2 aromatic rings. The molecule has 0 aliphatic rings. The summed E-state index contributed by atoms with van der Waals surface area (Å²) in [5.41, 5.74) is 3.06. The fraction of sp³-hybridized carbons (Fsp3) is 0.250. The molecule has 0 fully saturated rings. The van der Waals surface area contributed by atoms with Crippen LogP contribution in [-0.2, 0) is 6.54 Å². The first kappa shape index (κ1) is 16.6. The number of hydrogen-bond acceptors (Lipinski definition) is 4. The van der Waals surface area contributed by atoms with Crippen LogP contribution < -0.4 is 10.6 Å². The van der Waals surface area contributed by atoms with Crippen LogP contribution in [0.25, 0.3) is 0 Å². The van der Waals surface area contributed by atoms with Gasteiger partial charge in [0.05, 0.1) is 6.61 Å². The zero-order valence-corrected chi connectivity index (χ0v) is 13.9. The SMILES string of the molecule is Cc1c(Br)cccc1NC(=O)c1ccc(CNCCO)cn1. The van der Waals surface area contributed by atoms with Crippen LogP contribution in [0.5, 0.6) is 0 Å². The van der Waals surface area contributed by atoms with Crippen molar-refractivity contribution in [2.75, 3.05) is 18.5 Å². The lowest BCUT2D eigenvalue weighted by atomic mass is 10.2. The highest BCUT2D eigenvalue weighted by atomic mass is 79.9. The smallest absolute Gasteiger partial charge is 0.274 e. The van der Waals surface area contributed by atoms with Crippen molar-refractivity contribution in [1.29, 1.82) is 0 Å². The third-order valence-corrected chi connectivity index (χ3v) is 4.05. The summed E-state index contributed by atoms with van der Waals surface area (Å²) < 4.78 is 0.948. The van der Waals surface area contributed by atoms with E-state index in [1.54, 1.807) is 12.3 Å². The van der Waals surface area contributed by atoms with Crippen LogP contribution >= 0.6 is 15.9 Å². The maximum absolute atomic E-state index is 12.2. The summed E-state index contributed by atoms with van der Waals surface area (Å²) in [5.74, 6) is -0.240. The number of halogens is 1. The molecule has 1 aromatic heterocycles. The lowest BCUT2D eigenvalue weighted by molar-refractivity contribution is 0.102. The van der Waals surface area contributed by atoms with Gasteiger partial charge in [0.25, 0.3) is 5.91 Å². The monoisotopic (exact) mass is 363 g/mol. The summed E-state index contributed by atoms with van der Waals surface area (Å²) in [4.78, 5) is 16.4. The van der Waals surface area contributed by atoms with Crippen molar-refractivity contribution >= 4 is 27.5 Å². The van der Waals surface area contributed by atoms with E-state index < -0.39 is 0 Å². The molecule has 0 atom stereocenters. The highest BCUT2D eigenvalue weighted by Gasteiger charge is 2.10. The van der Waals surface area contributed by atoms with E-state index in [9.17, 15) is 4.79 Å². The van der Waals surface area contributed by atoms with Gasteiger partial charge in [0, 0.05) is 29.4 Å². The first-order valence-electron chi connectivity index (χ1n) is 6.95. The van der Waals surface area contributed by atoms with Crippen molar-refractivity contribution < 1.29 is 9.90 Å². The minimum atomic E-state index is -0.240. The van der Waals surface area contributed by atoms with Crippen LogP contribution in [0.15, 0.2) is 41.0 Å². The molecular formula is C16H18BrN3O2. The molecule has 6 heteroatoms. The first-order chi connectivity index (χ1) is 10.6. The Bertz CT molecular complexity index is 644. The number of carbonyl (C=O) groups is 1. The molecule has 116 valence electrons. The minimum absolute atomic E-state index is 0.0971. The van der Waals surface area contributed by atoms with Crippen molar-refractivity contribution in [2.24, 2.45) is 0 Å². The van der Waals surface area contributed by atoms with Crippen molar-refractivity contribution in [2.45, 2.75) is 13.5 Å². The van der Waals surface area contributed by atoms with E-state index >= 15 is 0 Å². The Kier molecular flexibility index (Phi) is 6.06. The summed E-state index contributed by atoms with van der Waals surface area (Å²) >= 11 is 3.44. The quantitative estimate of drug-likeness (QED) is 0.689. The molecule has 0 bridgehead atoms. The van der Waals surface area contributed by atoms with Crippen molar-refractivity contribution in [3.05, 3.63) is 57.8 Å². The Morgan fingerprint density at radius 2 is 2.14 bits per heavy atom. The highest BCUT2D eigenvalue weighted by molar-refractivity contribution is 9.10. The van der Waals surface area contributed by atoms with Gasteiger partial charge in [-0.05, 0) is 36.2 Å². The number of pyridine rings is 1. The Morgan fingerprint density at radius 3 is 2.82 bits per heavy atom. The van der Waals surface area contributed by atoms with Gasteiger partial charge in [0.2, 0.25) is 0 Å². The lowest BCUT2D eigenvalue weighted by Gasteiger charge is -2.09. The molecule has 1 aromatic carbocycles. The largest absolute Gasteiger partial charge is 0.395 e. The van der Waals surface area contributed by atoms with Gasteiger partial charge in [-0.1, -0.05) is 28.1 Å². The number of rotatable bonds is 6. The van der Waals surface area contributed by atoms with E-state index in [1.807, 2.05) is 31.2 Å². The third-order valence-electron chi connectivity index (χ3n) is 3.19. The van der Waals surface area contributed by atoms with Crippen LogP contribution in [0, 0.1) is 6.92 Å². The molecular weight excluding hydrogens is 346 g/mol. The average molecular weight is 364 g/mol. The van der Waals surface area contributed by atoms with E-state index in [4.69, 9.17) is 5.11 Å². The maximum atomic E-state index is 12.2. The molecule has 1 amide bonds. The number of aliphatic hydroxyl groups excluding tert-OH is 1. The normalized spacial score (nSPS) is 10.5. The van der Waals surface area contributed by atoms with Crippen LogP contribution in [0.2, 0.25) is 0 Å². The van der Waals surface area contributed by atoms with E-state index in [1.165, 1.54) is 0 Å². The van der Waals surface area contributed by atoms with Gasteiger partial charge < -0.3 is 15.7 Å². The van der Waals surface area contributed by atoms with Gasteiger partial charge in [-0.2, -0.15) is 0 Å². The van der Waals surface area contributed by atoms with Gasteiger partial charge in [-0.25, -0.2) is 0 Å². The zero-order chi connectivity index (χ0) is 15.9. The van der Waals surface area contributed by atoms with Crippen LogP contribution in [0.4, 0.5) is 5.69 Å². The van der Waals surface area contributed by atoms with Crippen molar-refractivity contribution in [1.82, 2.24) is 10.3 Å². The molecule has 1 heterocycles. The lowest BCUT2D eigenvalue weighted by Crippen LogP contribution is -2.18. The van der Waals surface area contributed by atoms with E-state index in [-0.39, 0.29) is 12.5 Å². The van der Waals surface area contributed by atoms with Gasteiger partial charge >= 0.3 is 0 Å². The van der Waals surface area contributed by atoms with Crippen molar-refractivity contribution in [3.8, 4) is 0 Å². The van der Waals surface area contributed by atoms with Crippen LogP contribution in [-0.4, -0.2) is 29.1 Å². The molecule has 0 saturated carbocycles. The predicted octanol–water partition coefficient (Wildman–Crippen LogP) is 2.49. The number of amides is 1. The molecule has 0 aliphatic heterocycles. The average Bonchev–Trinajstić information content (AvgIpc) is 2.53. The van der Waals surface area contributed by atoms with Gasteiger partial charge in [-0.3, -0.25) is 9.78 Å². The van der Waals surface area contributed by atoms with Crippen LogP contribution in [0.1, 0.15) is 21.6 Å². The number of aliphatic hydroxyl groups is 1. The van der Waals surface area contributed by atoms with E-state index in [2.05, 4.69) is 31.5 Å². The number of nitrogens with zero attached hydrogens (tertiary/aromatic N) is 1. The molecule has 0 aliphatic carbocycles. The highest BCUT2D eigenvalue weighted by Crippen LogP contribution is 2.23. The minimum Gasteiger partial charge on any atom is -0.395 e. The number of nitrogens with one attached hydrogen (secondary N) is 2. The van der Waals surface area contributed by atoms with Gasteiger partial charge in [0.15, 0.2) is 0 Å². The fourth-order valence-electron chi connectivity index (χ4n) is 1.90. The zero-order valence-electron chi connectivity index (χ0n) is 12.3. The standard InChI is InChI=1S/C16H18BrN3O2/c1-11-13(17)3-2-4-14(11)20-16(22)15-6-5-12(10-19-15)9-18-7-8-21/h2-6,10,18,21H,7-9H2,1H3,(H,20,22). The molecule has 0 saturated heterocycles. The van der Waals surface area contributed by atoms with E-state index in [0.29, 0.717) is 18.8 Å². The van der Waals surface area contributed by atoms with Crippen molar-refractivity contribution in [3.63, 3.8) is 0 Å². The van der Waals surface area contributed by atoms with E-state index in [0.717, 1.165) is 21.3 Å². The number of aromatic nitrogens is 1. The number of anilines is 1. The Labute approximate surface area is 137 Å². The summed E-state index contributed by atoms with van der Waals surface area (Å²) in [6.07, 6.45) is 1.66. The first-order valence-corrected chi connectivity index (χ1v) is 7.74.